The van der Waals surface area contributed by atoms with Gasteiger partial charge in [0.2, 0.25) is 0 Å². The second-order valence-corrected chi connectivity index (χ2v) is 8.70. The van der Waals surface area contributed by atoms with Gasteiger partial charge in [0.15, 0.2) is 5.82 Å². The van der Waals surface area contributed by atoms with Gasteiger partial charge in [-0.1, -0.05) is 52.3 Å². The molecule has 1 aromatic carbocycles. The third-order valence-corrected chi connectivity index (χ3v) is 5.34. The Hall–Kier alpha value is -2.63. The average molecular weight is 397 g/mol. The van der Waals surface area contributed by atoms with E-state index < -0.39 is 0 Å². The first-order valence-electron chi connectivity index (χ1n) is 10.6. The highest BCUT2D eigenvalue weighted by molar-refractivity contribution is 6.04. The van der Waals surface area contributed by atoms with Crippen molar-refractivity contribution in [2.45, 2.75) is 71.8 Å². The Morgan fingerprint density at radius 2 is 1.90 bits per heavy atom. The highest BCUT2D eigenvalue weighted by atomic mass is 16.2. The molecule has 29 heavy (non-hydrogen) atoms. The molecular weight excluding hydrogens is 364 g/mol. The SMILES string of the molecule is CCCCNC(=O)c1nc(C(=O)Nc2ccccc2C(C)(C)C)n2c1CCCC2. The van der Waals surface area contributed by atoms with Crippen molar-refractivity contribution < 1.29 is 9.59 Å². The van der Waals surface area contributed by atoms with Gasteiger partial charge in [0.05, 0.1) is 5.69 Å². The number of aromatic nitrogens is 2. The Kier molecular flexibility index (Phi) is 6.40. The summed E-state index contributed by atoms with van der Waals surface area (Å²) >= 11 is 0. The van der Waals surface area contributed by atoms with Crippen LogP contribution in [0.3, 0.4) is 0 Å². The van der Waals surface area contributed by atoms with Gasteiger partial charge in [0.25, 0.3) is 11.8 Å². The molecule has 0 saturated heterocycles. The highest BCUT2D eigenvalue weighted by Crippen LogP contribution is 2.30. The lowest BCUT2D eigenvalue weighted by Crippen LogP contribution is -2.26. The summed E-state index contributed by atoms with van der Waals surface area (Å²) < 4.78 is 1.92. The number of imidazole rings is 1. The number of carbonyl (C=O) groups is 2. The molecule has 2 aromatic rings. The Morgan fingerprint density at radius 1 is 1.14 bits per heavy atom. The first-order valence-corrected chi connectivity index (χ1v) is 10.6. The van der Waals surface area contributed by atoms with E-state index in [4.69, 9.17) is 0 Å². The number of nitrogens with zero attached hydrogens (tertiary/aromatic N) is 2. The number of nitrogens with one attached hydrogen (secondary N) is 2. The van der Waals surface area contributed by atoms with Crippen LogP contribution in [0.4, 0.5) is 5.69 Å². The molecule has 6 nitrogen and oxygen atoms in total. The van der Waals surface area contributed by atoms with Crippen molar-refractivity contribution >= 4 is 17.5 Å². The molecule has 0 atom stereocenters. The van der Waals surface area contributed by atoms with Gasteiger partial charge in [-0.15, -0.1) is 0 Å². The van der Waals surface area contributed by atoms with Gasteiger partial charge < -0.3 is 15.2 Å². The summed E-state index contributed by atoms with van der Waals surface area (Å²) in [5.74, 6) is -0.125. The fourth-order valence-corrected chi connectivity index (χ4v) is 3.78. The third-order valence-electron chi connectivity index (χ3n) is 5.34. The lowest BCUT2D eigenvalue weighted by molar-refractivity contribution is 0.0947. The quantitative estimate of drug-likeness (QED) is 0.715. The molecule has 0 bridgehead atoms. The summed E-state index contributed by atoms with van der Waals surface area (Å²) in [4.78, 5) is 30.3. The van der Waals surface area contributed by atoms with Crippen LogP contribution in [0.2, 0.25) is 0 Å². The van der Waals surface area contributed by atoms with E-state index >= 15 is 0 Å². The van der Waals surface area contributed by atoms with E-state index in [1.807, 2.05) is 28.8 Å². The second-order valence-electron chi connectivity index (χ2n) is 8.70. The summed E-state index contributed by atoms with van der Waals surface area (Å²) in [5, 5.41) is 5.97. The zero-order chi connectivity index (χ0) is 21.0. The van der Waals surface area contributed by atoms with Gasteiger partial charge >= 0.3 is 0 Å². The lowest BCUT2D eigenvalue weighted by atomic mass is 9.86. The number of carbonyl (C=O) groups excluding carboxylic acids is 2. The molecule has 3 rings (SSSR count). The Labute approximate surface area is 173 Å². The number of benzene rings is 1. The predicted octanol–water partition coefficient (Wildman–Crippen LogP) is 4.30. The van der Waals surface area contributed by atoms with Gasteiger partial charge in [-0.25, -0.2) is 4.98 Å². The molecule has 2 heterocycles. The lowest BCUT2D eigenvalue weighted by Gasteiger charge is -2.23. The van der Waals surface area contributed by atoms with E-state index in [1.165, 1.54) is 0 Å². The number of para-hydroxylation sites is 1. The molecule has 0 fully saturated rings. The topological polar surface area (TPSA) is 76.0 Å². The molecule has 0 aliphatic carbocycles. The second kappa shape index (κ2) is 8.80. The largest absolute Gasteiger partial charge is 0.351 e. The summed E-state index contributed by atoms with van der Waals surface area (Å²) in [6.07, 6.45) is 4.71. The predicted molar refractivity (Wildman–Crippen MR) is 116 cm³/mol. The van der Waals surface area contributed by atoms with Gasteiger partial charge in [-0.05, 0) is 42.7 Å². The van der Waals surface area contributed by atoms with Crippen LogP contribution in [-0.2, 0) is 18.4 Å². The molecule has 1 aliphatic rings. The number of unbranched alkanes of at least 4 members (excludes halogenated alkanes) is 1. The third kappa shape index (κ3) is 4.69. The zero-order valence-electron chi connectivity index (χ0n) is 18.0. The van der Waals surface area contributed by atoms with Crippen molar-refractivity contribution in [2.75, 3.05) is 11.9 Å². The smallest absolute Gasteiger partial charge is 0.291 e. The normalized spacial score (nSPS) is 13.7. The number of anilines is 1. The molecule has 0 radical (unpaired) electrons. The van der Waals surface area contributed by atoms with Crippen LogP contribution in [0.5, 0.6) is 0 Å². The maximum Gasteiger partial charge on any atom is 0.291 e. The number of fused-ring (bicyclic) bond motifs is 1. The molecule has 0 saturated carbocycles. The summed E-state index contributed by atoms with van der Waals surface area (Å²) in [7, 11) is 0. The number of hydrogen-bond donors (Lipinski definition) is 2. The molecule has 2 amide bonds. The van der Waals surface area contributed by atoms with Crippen LogP contribution in [0.15, 0.2) is 24.3 Å². The van der Waals surface area contributed by atoms with Crippen LogP contribution in [0, 0.1) is 0 Å². The molecule has 1 aromatic heterocycles. The first-order chi connectivity index (χ1) is 13.8. The summed E-state index contributed by atoms with van der Waals surface area (Å²) in [6.45, 7) is 9.79. The van der Waals surface area contributed by atoms with Crippen LogP contribution >= 0.6 is 0 Å². The van der Waals surface area contributed by atoms with E-state index in [-0.39, 0.29) is 17.2 Å². The van der Waals surface area contributed by atoms with Crippen molar-refractivity contribution in [3.63, 3.8) is 0 Å². The standard InChI is InChI=1S/C23H32N4O2/c1-5-6-14-24-21(28)19-18-13-9-10-15-27(18)20(26-19)22(29)25-17-12-8-7-11-16(17)23(2,3)4/h7-8,11-12H,5-6,9-10,13-15H2,1-4H3,(H,24,28)(H,25,29). The minimum absolute atomic E-state index is 0.0970. The van der Waals surface area contributed by atoms with Crippen LogP contribution < -0.4 is 10.6 Å². The minimum Gasteiger partial charge on any atom is -0.351 e. The van der Waals surface area contributed by atoms with Crippen molar-refractivity contribution in [1.29, 1.82) is 0 Å². The molecular formula is C23H32N4O2. The van der Waals surface area contributed by atoms with Gasteiger partial charge in [0, 0.05) is 18.8 Å². The molecule has 156 valence electrons. The minimum atomic E-state index is -0.266. The fourth-order valence-electron chi connectivity index (χ4n) is 3.78. The van der Waals surface area contributed by atoms with Crippen molar-refractivity contribution in [3.05, 3.63) is 47.0 Å². The Morgan fingerprint density at radius 3 is 2.62 bits per heavy atom. The number of rotatable bonds is 6. The van der Waals surface area contributed by atoms with Crippen LogP contribution in [0.1, 0.15) is 85.7 Å². The highest BCUT2D eigenvalue weighted by Gasteiger charge is 2.28. The summed E-state index contributed by atoms with van der Waals surface area (Å²) in [6, 6.07) is 7.84. The number of amides is 2. The van der Waals surface area contributed by atoms with Gasteiger partial charge in [0.1, 0.15) is 5.69 Å². The first kappa shape index (κ1) is 21.1. The summed E-state index contributed by atoms with van der Waals surface area (Å²) in [5.41, 5.74) is 3.03. The van der Waals surface area contributed by atoms with E-state index in [0.717, 1.165) is 49.0 Å². The van der Waals surface area contributed by atoms with E-state index in [9.17, 15) is 9.59 Å². The molecule has 0 unspecified atom stereocenters. The Balaban J connectivity index is 1.89. The molecule has 6 heteroatoms. The molecule has 0 spiro atoms. The van der Waals surface area contributed by atoms with E-state index in [1.54, 1.807) is 0 Å². The zero-order valence-corrected chi connectivity index (χ0v) is 18.0. The Bertz CT molecular complexity index is 893. The van der Waals surface area contributed by atoms with Gasteiger partial charge in [-0.3, -0.25) is 9.59 Å². The van der Waals surface area contributed by atoms with Crippen molar-refractivity contribution in [1.82, 2.24) is 14.9 Å². The van der Waals surface area contributed by atoms with Crippen LogP contribution in [-0.4, -0.2) is 27.9 Å². The van der Waals surface area contributed by atoms with E-state index in [2.05, 4.69) is 43.3 Å². The molecule has 1 aliphatic heterocycles. The van der Waals surface area contributed by atoms with Crippen molar-refractivity contribution in [2.24, 2.45) is 0 Å². The number of hydrogen-bond acceptors (Lipinski definition) is 3. The molecule has 2 N–H and O–H groups in total. The van der Waals surface area contributed by atoms with E-state index in [0.29, 0.717) is 24.6 Å². The van der Waals surface area contributed by atoms with Crippen molar-refractivity contribution in [3.8, 4) is 0 Å². The fraction of sp³-hybridized carbons (Fsp3) is 0.522. The maximum absolute atomic E-state index is 13.1. The van der Waals surface area contributed by atoms with Crippen LogP contribution in [0.25, 0.3) is 0 Å². The van der Waals surface area contributed by atoms with Gasteiger partial charge in [-0.2, -0.15) is 0 Å². The average Bonchev–Trinajstić information content (AvgIpc) is 3.08. The monoisotopic (exact) mass is 396 g/mol. The maximum atomic E-state index is 13.1.